The number of unbranched alkanes of at least 4 members (excludes halogenated alkanes) is 1. The highest BCUT2D eigenvalue weighted by molar-refractivity contribution is 5.79. The van der Waals surface area contributed by atoms with Crippen molar-refractivity contribution in [2.45, 2.75) is 46.4 Å². The van der Waals surface area contributed by atoms with E-state index in [1.165, 1.54) is 0 Å². The molecule has 1 heterocycles. The molecule has 0 fully saturated rings. The highest BCUT2D eigenvalue weighted by Gasteiger charge is 2.16. The van der Waals surface area contributed by atoms with Gasteiger partial charge in [0.25, 0.3) is 0 Å². The molecule has 9 heteroatoms. The van der Waals surface area contributed by atoms with Crippen LogP contribution in [0.1, 0.15) is 31.2 Å². The van der Waals surface area contributed by atoms with Crippen LogP contribution in [0.3, 0.4) is 0 Å². The van der Waals surface area contributed by atoms with Crippen LogP contribution in [-0.4, -0.2) is 42.3 Å². The summed E-state index contributed by atoms with van der Waals surface area (Å²) in [6.45, 7) is 3.14. The first-order valence-electron chi connectivity index (χ1n) is 9.66. The third-order valence-corrected chi connectivity index (χ3v) is 4.28. The van der Waals surface area contributed by atoms with Crippen molar-refractivity contribution in [3.05, 3.63) is 42.0 Å². The molecule has 2 rings (SSSR count). The van der Waals surface area contributed by atoms with Gasteiger partial charge in [0.15, 0.2) is 17.5 Å². The molecule has 0 saturated heterocycles. The number of nitrogens with one attached hydrogen (secondary N) is 2. The molecule has 0 spiro atoms. The Labute approximate surface area is 170 Å². The first kappa shape index (κ1) is 22.4. The summed E-state index contributed by atoms with van der Waals surface area (Å²) in [5.41, 5.74) is 0.565. The normalized spacial score (nSPS) is 11.6. The van der Waals surface area contributed by atoms with Gasteiger partial charge < -0.3 is 24.7 Å². The lowest BCUT2D eigenvalue weighted by molar-refractivity contribution is -0.0520. The van der Waals surface area contributed by atoms with Gasteiger partial charge in [0.05, 0.1) is 6.61 Å². The van der Waals surface area contributed by atoms with Gasteiger partial charge >= 0.3 is 6.61 Å². The second-order valence-corrected chi connectivity index (χ2v) is 6.28. The van der Waals surface area contributed by atoms with Gasteiger partial charge in [-0.05, 0) is 32.8 Å². The van der Waals surface area contributed by atoms with Gasteiger partial charge in [-0.15, -0.1) is 0 Å². The molecule has 0 saturated carbocycles. The van der Waals surface area contributed by atoms with Crippen LogP contribution in [-0.2, 0) is 13.1 Å². The molecule has 0 bridgehead atoms. The van der Waals surface area contributed by atoms with Crippen LogP contribution in [0.4, 0.5) is 8.78 Å². The van der Waals surface area contributed by atoms with E-state index in [-0.39, 0.29) is 12.3 Å². The third-order valence-electron chi connectivity index (χ3n) is 4.28. The van der Waals surface area contributed by atoms with Crippen molar-refractivity contribution >= 4 is 5.96 Å². The summed E-state index contributed by atoms with van der Waals surface area (Å²) in [5.74, 6) is 1.94. The largest absolute Gasteiger partial charge is 0.490 e. The number of aryl methyl sites for hydroxylation is 2. The van der Waals surface area contributed by atoms with E-state index in [0.717, 1.165) is 31.8 Å². The molecule has 0 amide bonds. The van der Waals surface area contributed by atoms with Gasteiger partial charge in [-0.25, -0.2) is 4.98 Å². The van der Waals surface area contributed by atoms with Crippen LogP contribution in [0.25, 0.3) is 0 Å². The number of ether oxygens (including phenoxy) is 2. The number of imidazole rings is 1. The van der Waals surface area contributed by atoms with Gasteiger partial charge in [0.2, 0.25) is 0 Å². The van der Waals surface area contributed by atoms with E-state index in [0.29, 0.717) is 23.9 Å². The third kappa shape index (κ3) is 7.24. The van der Waals surface area contributed by atoms with Crippen LogP contribution in [0.2, 0.25) is 0 Å². The monoisotopic (exact) mass is 409 g/mol. The van der Waals surface area contributed by atoms with Gasteiger partial charge in [0, 0.05) is 44.6 Å². The van der Waals surface area contributed by atoms with E-state index in [1.54, 1.807) is 38.4 Å². The SMILES string of the molecule is CCOc1cccc(CNC(=NC)NCCCCn2ccnc2C)c1OC(F)F. The zero-order valence-electron chi connectivity index (χ0n) is 17.1. The number of halogens is 2. The van der Waals surface area contributed by atoms with E-state index in [2.05, 4.69) is 29.9 Å². The quantitative estimate of drug-likeness (QED) is 0.338. The second-order valence-electron chi connectivity index (χ2n) is 6.28. The molecule has 7 nitrogen and oxygen atoms in total. The zero-order chi connectivity index (χ0) is 21.1. The maximum atomic E-state index is 12.8. The number of nitrogens with zero attached hydrogens (tertiary/aromatic N) is 3. The standard InChI is InChI=1S/C20H29F2N5O2/c1-4-28-17-9-7-8-16(18(17)29-19(21)22)14-26-20(23-3)25-10-5-6-12-27-13-11-24-15(27)2/h7-9,11,13,19H,4-6,10,12,14H2,1-3H3,(H2,23,25,26). The second kappa shape index (κ2) is 11.9. The molecule has 2 aromatic rings. The summed E-state index contributed by atoms with van der Waals surface area (Å²) in [6.07, 6.45) is 5.73. The Bertz CT molecular complexity index is 780. The van der Waals surface area contributed by atoms with Crippen molar-refractivity contribution in [3.63, 3.8) is 0 Å². The molecule has 0 atom stereocenters. The highest BCUT2D eigenvalue weighted by atomic mass is 19.3. The van der Waals surface area contributed by atoms with E-state index in [1.807, 2.05) is 13.1 Å². The minimum absolute atomic E-state index is 0.0444. The number of hydrogen-bond acceptors (Lipinski definition) is 4. The molecule has 0 aliphatic carbocycles. The Hall–Kier alpha value is -2.84. The molecule has 1 aromatic carbocycles. The average Bonchev–Trinajstić information content (AvgIpc) is 3.10. The van der Waals surface area contributed by atoms with Gasteiger partial charge in [-0.3, -0.25) is 4.99 Å². The molecule has 0 aliphatic rings. The molecule has 2 N–H and O–H groups in total. The molecule has 160 valence electrons. The molecular formula is C20H29F2N5O2. The number of para-hydroxylation sites is 1. The van der Waals surface area contributed by atoms with E-state index in [9.17, 15) is 8.78 Å². The maximum absolute atomic E-state index is 12.8. The Kier molecular flexibility index (Phi) is 9.20. The number of benzene rings is 1. The lowest BCUT2D eigenvalue weighted by Gasteiger charge is -2.17. The summed E-state index contributed by atoms with van der Waals surface area (Å²) in [5, 5.41) is 6.35. The highest BCUT2D eigenvalue weighted by Crippen LogP contribution is 2.32. The Morgan fingerprint density at radius 1 is 1.28 bits per heavy atom. The zero-order valence-corrected chi connectivity index (χ0v) is 17.1. The molecule has 1 aromatic heterocycles. The summed E-state index contributed by atoms with van der Waals surface area (Å²) in [7, 11) is 1.66. The summed E-state index contributed by atoms with van der Waals surface area (Å²) < 4.78 is 37.8. The summed E-state index contributed by atoms with van der Waals surface area (Å²) in [4.78, 5) is 8.38. The van der Waals surface area contributed by atoms with Crippen LogP contribution in [0.15, 0.2) is 35.6 Å². The molecule has 29 heavy (non-hydrogen) atoms. The molecule has 0 radical (unpaired) electrons. The number of hydrogen-bond donors (Lipinski definition) is 2. The predicted octanol–water partition coefficient (Wildman–Crippen LogP) is 3.34. The van der Waals surface area contributed by atoms with Crippen molar-refractivity contribution < 1.29 is 18.3 Å². The fourth-order valence-electron chi connectivity index (χ4n) is 2.85. The first-order chi connectivity index (χ1) is 14.0. The minimum atomic E-state index is -2.92. The number of alkyl halides is 2. The lowest BCUT2D eigenvalue weighted by Crippen LogP contribution is -2.37. The van der Waals surface area contributed by atoms with Crippen molar-refractivity contribution in [1.29, 1.82) is 0 Å². The van der Waals surface area contributed by atoms with Gasteiger partial charge in [0.1, 0.15) is 5.82 Å². The number of aromatic nitrogens is 2. The number of guanidine groups is 1. The number of rotatable bonds is 11. The van der Waals surface area contributed by atoms with Crippen molar-refractivity contribution in [3.8, 4) is 11.5 Å². The van der Waals surface area contributed by atoms with Crippen LogP contribution in [0.5, 0.6) is 11.5 Å². The molecular weight excluding hydrogens is 380 g/mol. The van der Waals surface area contributed by atoms with Crippen LogP contribution >= 0.6 is 0 Å². The molecule has 0 aliphatic heterocycles. The first-order valence-corrected chi connectivity index (χ1v) is 9.66. The summed E-state index contributed by atoms with van der Waals surface area (Å²) >= 11 is 0. The predicted molar refractivity (Wildman–Crippen MR) is 109 cm³/mol. The van der Waals surface area contributed by atoms with Gasteiger partial charge in [-0.2, -0.15) is 8.78 Å². The van der Waals surface area contributed by atoms with Crippen molar-refractivity contribution in [2.24, 2.45) is 4.99 Å². The van der Waals surface area contributed by atoms with Crippen molar-refractivity contribution in [2.75, 3.05) is 20.2 Å². The Morgan fingerprint density at radius 2 is 2.10 bits per heavy atom. The van der Waals surface area contributed by atoms with Crippen LogP contribution in [0, 0.1) is 6.92 Å². The minimum Gasteiger partial charge on any atom is -0.490 e. The number of aliphatic imine (C=N–C) groups is 1. The maximum Gasteiger partial charge on any atom is 0.387 e. The van der Waals surface area contributed by atoms with E-state index in [4.69, 9.17) is 4.74 Å². The van der Waals surface area contributed by atoms with Gasteiger partial charge in [-0.1, -0.05) is 12.1 Å². The van der Waals surface area contributed by atoms with E-state index < -0.39 is 6.61 Å². The average molecular weight is 409 g/mol. The Balaban J connectivity index is 1.83. The summed E-state index contributed by atoms with van der Waals surface area (Å²) in [6, 6.07) is 5.07. The van der Waals surface area contributed by atoms with E-state index >= 15 is 0 Å². The molecule has 0 unspecified atom stereocenters. The topological polar surface area (TPSA) is 72.7 Å². The fourth-order valence-corrected chi connectivity index (χ4v) is 2.85. The van der Waals surface area contributed by atoms with Crippen molar-refractivity contribution in [1.82, 2.24) is 20.2 Å². The van der Waals surface area contributed by atoms with Crippen LogP contribution < -0.4 is 20.1 Å². The Morgan fingerprint density at radius 3 is 2.76 bits per heavy atom. The fraction of sp³-hybridized carbons (Fsp3) is 0.500. The smallest absolute Gasteiger partial charge is 0.387 e. The lowest BCUT2D eigenvalue weighted by atomic mass is 10.2.